The molecule has 1 saturated carbocycles. The van der Waals surface area contributed by atoms with Crippen molar-refractivity contribution in [3.05, 3.63) is 12.4 Å². The van der Waals surface area contributed by atoms with Crippen LogP contribution >= 0.6 is 0 Å². The highest BCUT2D eigenvalue weighted by Crippen LogP contribution is 2.33. The summed E-state index contributed by atoms with van der Waals surface area (Å²) in [6.07, 6.45) is 5.44. The SMILES string of the molecule is COC1CCC2OCCN(S(=O)(=O)c3cnn(C)c3)C2C1. The highest BCUT2D eigenvalue weighted by Gasteiger charge is 2.43. The molecule has 0 spiro atoms. The smallest absolute Gasteiger partial charge is 0.246 e. The molecule has 3 unspecified atom stereocenters. The van der Waals surface area contributed by atoms with E-state index in [1.54, 1.807) is 18.5 Å². The number of methoxy groups -OCH3 is 1. The third-order valence-electron chi connectivity index (χ3n) is 4.34. The number of ether oxygens (including phenoxy) is 2. The summed E-state index contributed by atoms with van der Waals surface area (Å²) in [5, 5.41) is 3.97. The Morgan fingerprint density at radius 1 is 1.43 bits per heavy atom. The molecule has 7 nitrogen and oxygen atoms in total. The van der Waals surface area contributed by atoms with Crippen LogP contribution in [0.1, 0.15) is 19.3 Å². The van der Waals surface area contributed by atoms with Gasteiger partial charge in [-0.3, -0.25) is 4.68 Å². The minimum atomic E-state index is -3.53. The first-order valence-electron chi connectivity index (χ1n) is 7.17. The van der Waals surface area contributed by atoms with Gasteiger partial charge in [-0.1, -0.05) is 0 Å². The molecule has 0 aromatic carbocycles. The molecule has 2 heterocycles. The second-order valence-corrected chi connectivity index (χ2v) is 7.50. The van der Waals surface area contributed by atoms with Gasteiger partial charge in [0, 0.05) is 26.9 Å². The zero-order chi connectivity index (χ0) is 15.0. The second kappa shape index (κ2) is 5.68. The maximum Gasteiger partial charge on any atom is 0.246 e. The lowest BCUT2D eigenvalue weighted by Crippen LogP contribution is -2.56. The van der Waals surface area contributed by atoms with Crippen molar-refractivity contribution in [1.29, 1.82) is 0 Å². The second-order valence-electron chi connectivity index (χ2n) is 5.61. The van der Waals surface area contributed by atoms with Crippen LogP contribution in [0.5, 0.6) is 0 Å². The molecule has 8 heteroatoms. The summed E-state index contributed by atoms with van der Waals surface area (Å²) in [6, 6.07) is -0.150. The fourth-order valence-electron chi connectivity index (χ4n) is 3.22. The number of rotatable bonds is 3. The van der Waals surface area contributed by atoms with Crippen molar-refractivity contribution in [1.82, 2.24) is 14.1 Å². The van der Waals surface area contributed by atoms with Gasteiger partial charge >= 0.3 is 0 Å². The van der Waals surface area contributed by atoms with Crippen LogP contribution in [0, 0.1) is 0 Å². The molecule has 21 heavy (non-hydrogen) atoms. The monoisotopic (exact) mass is 315 g/mol. The van der Waals surface area contributed by atoms with E-state index >= 15 is 0 Å². The molecular weight excluding hydrogens is 294 g/mol. The molecular formula is C13H21N3O4S. The molecule has 0 radical (unpaired) electrons. The van der Waals surface area contributed by atoms with Gasteiger partial charge in [0.25, 0.3) is 0 Å². The van der Waals surface area contributed by atoms with E-state index in [1.165, 1.54) is 17.1 Å². The van der Waals surface area contributed by atoms with Crippen molar-refractivity contribution in [3.8, 4) is 0 Å². The van der Waals surface area contributed by atoms with Crippen LogP contribution in [0.2, 0.25) is 0 Å². The maximum atomic E-state index is 12.8. The van der Waals surface area contributed by atoms with Crippen molar-refractivity contribution >= 4 is 10.0 Å². The number of hydrogen-bond acceptors (Lipinski definition) is 5. The van der Waals surface area contributed by atoms with E-state index in [2.05, 4.69) is 5.10 Å². The van der Waals surface area contributed by atoms with E-state index in [1.807, 2.05) is 0 Å². The largest absolute Gasteiger partial charge is 0.381 e. The van der Waals surface area contributed by atoms with Gasteiger partial charge in [0.1, 0.15) is 4.90 Å². The Morgan fingerprint density at radius 3 is 2.90 bits per heavy atom. The summed E-state index contributed by atoms with van der Waals surface area (Å²) in [7, 11) is -0.143. The van der Waals surface area contributed by atoms with Crippen molar-refractivity contribution in [2.75, 3.05) is 20.3 Å². The number of aromatic nitrogens is 2. The standard InChI is InChI=1S/C13H21N3O4S/c1-15-9-11(8-14-15)21(17,18)16-5-6-20-13-4-3-10(19-2)7-12(13)16/h8-10,12-13H,3-7H2,1-2H3. The van der Waals surface area contributed by atoms with Crippen LogP contribution in [0.3, 0.4) is 0 Å². The molecule has 2 fully saturated rings. The van der Waals surface area contributed by atoms with Gasteiger partial charge < -0.3 is 9.47 Å². The molecule has 1 aliphatic heterocycles. The van der Waals surface area contributed by atoms with E-state index in [-0.39, 0.29) is 23.1 Å². The Bertz CT molecular complexity index is 600. The van der Waals surface area contributed by atoms with Gasteiger partial charge in [-0.2, -0.15) is 9.40 Å². The summed E-state index contributed by atoms with van der Waals surface area (Å²) < 4.78 is 39.9. The Labute approximate surface area is 124 Å². The van der Waals surface area contributed by atoms with Crippen molar-refractivity contribution in [3.63, 3.8) is 0 Å². The highest BCUT2D eigenvalue weighted by atomic mass is 32.2. The first kappa shape index (κ1) is 15.0. The van der Waals surface area contributed by atoms with Crippen molar-refractivity contribution in [2.24, 2.45) is 7.05 Å². The number of sulfonamides is 1. The van der Waals surface area contributed by atoms with Crippen LogP contribution in [0.25, 0.3) is 0 Å². The Hall–Kier alpha value is -0.960. The zero-order valence-electron chi connectivity index (χ0n) is 12.3. The lowest BCUT2D eigenvalue weighted by atomic mass is 9.89. The summed E-state index contributed by atoms with van der Waals surface area (Å²) in [5.74, 6) is 0. The molecule has 1 aromatic heterocycles. The van der Waals surface area contributed by atoms with Crippen LogP contribution in [0.4, 0.5) is 0 Å². The van der Waals surface area contributed by atoms with E-state index in [4.69, 9.17) is 9.47 Å². The van der Waals surface area contributed by atoms with Crippen molar-refractivity contribution in [2.45, 2.75) is 42.4 Å². The quantitative estimate of drug-likeness (QED) is 0.806. The van der Waals surface area contributed by atoms with Gasteiger partial charge in [0.15, 0.2) is 0 Å². The summed E-state index contributed by atoms with van der Waals surface area (Å²) >= 11 is 0. The number of nitrogens with zero attached hydrogens (tertiary/aromatic N) is 3. The van der Waals surface area contributed by atoms with E-state index in [9.17, 15) is 8.42 Å². The molecule has 2 aliphatic rings. The topological polar surface area (TPSA) is 73.7 Å². The molecule has 0 bridgehead atoms. The molecule has 0 N–H and O–H groups in total. The van der Waals surface area contributed by atoms with Crippen molar-refractivity contribution < 1.29 is 17.9 Å². The molecule has 1 aliphatic carbocycles. The Balaban J connectivity index is 1.89. The first-order chi connectivity index (χ1) is 10.0. The first-order valence-corrected chi connectivity index (χ1v) is 8.61. The van der Waals surface area contributed by atoms with E-state index in [0.29, 0.717) is 19.6 Å². The van der Waals surface area contributed by atoms with Crippen LogP contribution < -0.4 is 0 Å². The number of hydrogen-bond donors (Lipinski definition) is 0. The minimum absolute atomic E-state index is 0.0309. The fourth-order valence-corrected chi connectivity index (χ4v) is 4.85. The summed E-state index contributed by atoms with van der Waals surface area (Å²) in [6.45, 7) is 0.827. The molecule has 0 amide bonds. The van der Waals surface area contributed by atoms with Gasteiger partial charge in [-0.05, 0) is 19.3 Å². The van der Waals surface area contributed by atoms with Crippen LogP contribution in [0.15, 0.2) is 17.3 Å². The van der Waals surface area contributed by atoms with Gasteiger partial charge in [-0.25, -0.2) is 8.42 Å². The lowest BCUT2D eigenvalue weighted by Gasteiger charge is -2.44. The summed E-state index contributed by atoms with van der Waals surface area (Å²) in [4.78, 5) is 0.241. The van der Waals surface area contributed by atoms with Gasteiger partial charge in [-0.15, -0.1) is 0 Å². The van der Waals surface area contributed by atoms with Crippen LogP contribution in [-0.2, 0) is 26.5 Å². The molecule has 118 valence electrons. The number of fused-ring (bicyclic) bond motifs is 1. The average Bonchev–Trinajstić information content (AvgIpc) is 2.93. The predicted molar refractivity (Wildman–Crippen MR) is 75.3 cm³/mol. The Kier molecular flexibility index (Phi) is 4.04. The number of aryl methyl sites for hydroxylation is 1. The highest BCUT2D eigenvalue weighted by molar-refractivity contribution is 7.89. The third kappa shape index (κ3) is 2.73. The molecule has 3 atom stereocenters. The average molecular weight is 315 g/mol. The minimum Gasteiger partial charge on any atom is -0.381 e. The summed E-state index contributed by atoms with van der Waals surface area (Å²) in [5.41, 5.74) is 0. The van der Waals surface area contributed by atoms with E-state index < -0.39 is 10.0 Å². The predicted octanol–water partition coefficient (Wildman–Crippen LogP) is 0.377. The molecule has 1 aromatic rings. The van der Waals surface area contributed by atoms with Gasteiger partial charge in [0.2, 0.25) is 10.0 Å². The zero-order valence-corrected chi connectivity index (χ0v) is 13.1. The fraction of sp³-hybridized carbons (Fsp3) is 0.769. The van der Waals surface area contributed by atoms with Gasteiger partial charge in [0.05, 0.1) is 31.1 Å². The molecule has 3 rings (SSSR count). The normalized spacial score (nSPS) is 31.0. The Morgan fingerprint density at radius 2 is 2.24 bits per heavy atom. The third-order valence-corrected chi connectivity index (χ3v) is 6.22. The number of morpholine rings is 1. The maximum absolute atomic E-state index is 12.8. The molecule has 1 saturated heterocycles. The lowest BCUT2D eigenvalue weighted by molar-refractivity contribution is -0.0883. The van der Waals surface area contributed by atoms with E-state index in [0.717, 1.165) is 12.8 Å². The van der Waals surface area contributed by atoms with Crippen LogP contribution in [-0.4, -0.2) is 61.0 Å².